The van der Waals surface area contributed by atoms with E-state index in [2.05, 4.69) is 17.5 Å². The molecule has 1 aliphatic rings. The number of alkyl halides is 3. The lowest BCUT2D eigenvalue weighted by Crippen LogP contribution is -2.29. The number of halogens is 3. The SMILES string of the molecule is NC(=S)c1ccc(N2CCNC(=O)CC2)cc1C(F)(F)F. The van der Waals surface area contributed by atoms with Crippen LogP contribution >= 0.6 is 12.2 Å². The van der Waals surface area contributed by atoms with Crippen LogP contribution in [-0.4, -0.2) is 30.5 Å². The van der Waals surface area contributed by atoms with Crippen LogP contribution in [0.25, 0.3) is 0 Å². The third kappa shape index (κ3) is 3.63. The maximum absolute atomic E-state index is 13.1. The lowest BCUT2D eigenvalue weighted by Gasteiger charge is -2.24. The van der Waals surface area contributed by atoms with Crippen LogP contribution in [0.3, 0.4) is 0 Å². The molecular formula is C13H14F3N3OS. The van der Waals surface area contributed by atoms with Gasteiger partial charge in [-0.25, -0.2) is 0 Å². The number of nitrogens with zero attached hydrogens (tertiary/aromatic N) is 1. The standard InChI is InChI=1S/C13H14F3N3OS/c14-13(15,16)10-7-8(1-2-9(10)12(17)21)19-5-3-11(20)18-4-6-19/h1-2,7H,3-6H2,(H2,17,21)(H,18,20). The topological polar surface area (TPSA) is 58.4 Å². The van der Waals surface area contributed by atoms with E-state index in [9.17, 15) is 18.0 Å². The summed E-state index contributed by atoms with van der Waals surface area (Å²) in [5, 5.41) is 2.68. The van der Waals surface area contributed by atoms with Crippen LogP contribution in [0.15, 0.2) is 18.2 Å². The van der Waals surface area contributed by atoms with E-state index < -0.39 is 11.7 Å². The summed E-state index contributed by atoms with van der Waals surface area (Å²) < 4.78 is 39.3. The van der Waals surface area contributed by atoms with Gasteiger partial charge in [0.15, 0.2) is 0 Å². The van der Waals surface area contributed by atoms with Gasteiger partial charge in [-0.3, -0.25) is 4.79 Å². The van der Waals surface area contributed by atoms with Crippen molar-refractivity contribution in [1.82, 2.24) is 5.32 Å². The fourth-order valence-electron chi connectivity index (χ4n) is 2.20. The maximum Gasteiger partial charge on any atom is 0.417 e. The molecule has 0 aromatic heterocycles. The summed E-state index contributed by atoms with van der Waals surface area (Å²) in [6.07, 6.45) is -4.28. The molecule has 3 N–H and O–H groups in total. The molecule has 8 heteroatoms. The van der Waals surface area contributed by atoms with Crippen molar-refractivity contribution < 1.29 is 18.0 Å². The molecule has 1 saturated heterocycles. The molecule has 0 atom stereocenters. The molecule has 4 nitrogen and oxygen atoms in total. The van der Waals surface area contributed by atoms with Gasteiger partial charge in [0.25, 0.3) is 0 Å². The summed E-state index contributed by atoms with van der Waals surface area (Å²) >= 11 is 4.66. The number of thiocarbonyl (C=S) groups is 1. The minimum atomic E-state index is -4.53. The molecule has 21 heavy (non-hydrogen) atoms. The Morgan fingerprint density at radius 1 is 1.33 bits per heavy atom. The molecule has 0 bridgehead atoms. The van der Waals surface area contributed by atoms with Gasteiger partial charge in [-0.1, -0.05) is 12.2 Å². The largest absolute Gasteiger partial charge is 0.417 e. The van der Waals surface area contributed by atoms with E-state index in [1.807, 2.05) is 0 Å². The summed E-state index contributed by atoms with van der Waals surface area (Å²) in [5.74, 6) is -0.103. The highest BCUT2D eigenvalue weighted by Crippen LogP contribution is 2.34. The van der Waals surface area contributed by atoms with E-state index in [4.69, 9.17) is 5.73 Å². The first kappa shape index (κ1) is 15.6. The highest BCUT2D eigenvalue weighted by molar-refractivity contribution is 7.80. The van der Waals surface area contributed by atoms with E-state index in [1.54, 1.807) is 11.0 Å². The van der Waals surface area contributed by atoms with E-state index in [0.29, 0.717) is 25.3 Å². The van der Waals surface area contributed by atoms with Crippen LogP contribution in [0.4, 0.5) is 18.9 Å². The number of hydrogen-bond donors (Lipinski definition) is 2. The number of amides is 1. The normalized spacial score (nSPS) is 16.3. The first-order valence-corrected chi connectivity index (χ1v) is 6.72. The predicted molar refractivity (Wildman–Crippen MR) is 77.2 cm³/mol. The van der Waals surface area contributed by atoms with Crippen molar-refractivity contribution in [3.63, 3.8) is 0 Å². The van der Waals surface area contributed by atoms with Gasteiger partial charge in [-0.05, 0) is 18.2 Å². The molecular weight excluding hydrogens is 303 g/mol. The zero-order valence-electron chi connectivity index (χ0n) is 11.0. The zero-order chi connectivity index (χ0) is 15.6. The number of nitrogens with two attached hydrogens (primary N) is 1. The second-order valence-electron chi connectivity index (χ2n) is 4.68. The van der Waals surface area contributed by atoms with Gasteiger partial charge in [0.1, 0.15) is 4.99 Å². The molecule has 0 unspecified atom stereocenters. The average molecular weight is 317 g/mol. The lowest BCUT2D eigenvalue weighted by molar-refractivity contribution is -0.137. The van der Waals surface area contributed by atoms with Gasteiger partial charge in [0.05, 0.1) is 5.56 Å². The fourth-order valence-corrected chi connectivity index (χ4v) is 2.38. The molecule has 0 spiro atoms. The van der Waals surface area contributed by atoms with Crippen molar-refractivity contribution in [3.8, 4) is 0 Å². The molecule has 1 aromatic rings. The Labute approximate surface area is 125 Å². The number of anilines is 1. The van der Waals surface area contributed by atoms with Gasteiger partial charge in [-0.15, -0.1) is 0 Å². The summed E-state index contributed by atoms with van der Waals surface area (Å²) in [6, 6.07) is 3.85. The highest BCUT2D eigenvalue weighted by atomic mass is 32.1. The molecule has 2 rings (SSSR count). The maximum atomic E-state index is 13.1. The zero-order valence-corrected chi connectivity index (χ0v) is 11.9. The van der Waals surface area contributed by atoms with Crippen molar-refractivity contribution >= 4 is 28.8 Å². The Morgan fingerprint density at radius 2 is 2.05 bits per heavy atom. The molecule has 0 saturated carbocycles. The first-order chi connectivity index (χ1) is 9.79. The summed E-state index contributed by atoms with van der Waals surface area (Å²) in [5.41, 5.74) is 4.71. The van der Waals surface area contributed by atoms with Gasteiger partial charge in [0.2, 0.25) is 5.91 Å². The van der Waals surface area contributed by atoms with Crippen LogP contribution < -0.4 is 16.0 Å². The quantitative estimate of drug-likeness (QED) is 0.815. The van der Waals surface area contributed by atoms with Crippen LogP contribution in [-0.2, 0) is 11.0 Å². The molecule has 1 aliphatic heterocycles. The fraction of sp³-hybridized carbons (Fsp3) is 0.385. The van der Waals surface area contributed by atoms with Crippen molar-refractivity contribution in [2.24, 2.45) is 5.73 Å². The van der Waals surface area contributed by atoms with Crippen LogP contribution in [0.5, 0.6) is 0 Å². The monoisotopic (exact) mass is 317 g/mol. The number of rotatable bonds is 2. The summed E-state index contributed by atoms with van der Waals surface area (Å²) in [4.78, 5) is 12.7. The van der Waals surface area contributed by atoms with Gasteiger partial charge in [-0.2, -0.15) is 13.2 Å². The minimum Gasteiger partial charge on any atom is -0.389 e. The summed E-state index contributed by atoms with van der Waals surface area (Å²) in [7, 11) is 0. The lowest BCUT2D eigenvalue weighted by atomic mass is 10.1. The number of benzene rings is 1. The first-order valence-electron chi connectivity index (χ1n) is 6.32. The Morgan fingerprint density at radius 3 is 2.67 bits per heavy atom. The van der Waals surface area contributed by atoms with E-state index in [1.165, 1.54) is 6.07 Å². The van der Waals surface area contributed by atoms with Crippen LogP contribution in [0, 0.1) is 0 Å². The minimum absolute atomic E-state index is 0.103. The van der Waals surface area contributed by atoms with E-state index >= 15 is 0 Å². The predicted octanol–water partition coefficient (Wildman–Crippen LogP) is 1.67. The molecule has 0 radical (unpaired) electrons. The van der Waals surface area contributed by atoms with Crippen molar-refractivity contribution in [2.75, 3.05) is 24.5 Å². The second kappa shape index (κ2) is 5.88. The number of hydrogen-bond acceptors (Lipinski definition) is 3. The molecule has 1 heterocycles. The molecule has 1 aromatic carbocycles. The van der Waals surface area contributed by atoms with Crippen LogP contribution in [0.1, 0.15) is 17.5 Å². The van der Waals surface area contributed by atoms with E-state index in [-0.39, 0.29) is 22.9 Å². The van der Waals surface area contributed by atoms with Crippen molar-refractivity contribution in [1.29, 1.82) is 0 Å². The van der Waals surface area contributed by atoms with Gasteiger partial charge >= 0.3 is 6.18 Å². The number of carbonyl (C=O) groups excluding carboxylic acids is 1. The van der Waals surface area contributed by atoms with Crippen molar-refractivity contribution in [3.05, 3.63) is 29.3 Å². The molecule has 0 aliphatic carbocycles. The smallest absolute Gasteiger partial charge is 0.389 e. The van der Waals surface area contributed by atoms with Gasteiger partial charge in [0, 0.05) is 37.3 Å². The molecule has 114 valence electrons. The Balaban J connectivity index is 2.37. The molecule has 1 amide bonds. The number of nitrogens with one attached hydrogen (secondary N) is 1. The van der Waals surface area contributed by atoms with Crippen molar-refractivity contribution in [2.45, 2.75) is 12.6 Å². The third-order valence-electron chi connectivity index (χ3n) is 3.25. The molecule has 1 fully saturated rings. The Bertz CT molecular complexity index is 574. The van der Waals surface area contributed by atoms with Gasteiger partial charge < -0.3 is 16.0 Å². The van der Waals surface area contributed by atoms with Crippen LogP contribution in [0.2, 0.25) is 0 Å². The number of carbonyl (C=O) groups is 1. The van der Waals surface area contributed by atoms with E-state index in [0.717, 1.165) is 6.07 Å². The third-order valence-corrected chi connectivity index (χ3v) is 3.47. The Hall–Kier alpha value is -1.83. The second-order valence-corrected chi connectivity index (χ2v) is 5.12. The summed E-state index contributed by atoms with van der Waals surface area (Å²) in [6.45, 7) is 1.22. The highest BCUT2D eigenvalue weighted by Gasteiger charge is 2.34. The Kier molecular flexibility index (Phi) is 4.36. The average Bonchev–Trinajstić information content (AvgIpc) is 2.62.